The molecular formula is C78H76ClN3O9. The summed E-state index contributed by atoms with van der Waals surface area (Å²) in [6, 6.07) is 65.4. The minimum absolute atomic E-state index is 0.0660. The molecule has 0 atom stereocenters. The van der Waals surface area contributed by atoms with E-state index >= 15 is 0 Å². The van der Waals surface area contributed by atoms with Crippen LogP contribution in [0, 0.1) is 20.8 Å². The molecule has 0 aliphatic carbocycles. The Morgan fingerprint density at radius 2 is 0.868 bits per heavy atom. The number of alkyl halides is 1. The molecule has 9 aromatic rings. The number of rotatable bonds is 12. The minimum atomic E-state index is -0.963. The maximum atomic E-state index is 12.7. The molecule has 3 heterocycles. The van der Waals surface area contributed by atoms with Crippen LogP contribution < -0.4 is 15.1 Å². The monoisotopic (exact) mass is 1230 g/mol. The molecule has 9 aromatic carbocycles. The van der Waals surface area contributed by atoms with E-state index in [9.17, 15) is 33.9 Å². The summed E-state index contributed by atoms with van der Waals surface area (Å²) in [5.74, 6) is -0.928. The van der Waals surface area contributed by atoms with Gasteiger partial charge in [0.25, 0.3) is 0 Å². The van der Waals surface area contributed by atoms with Crippen molar-refractivity contribution in [3.63, 3.8) is 0 Å². The van der Waals surface area contributed by atoms with Gasteiger partial charge in [0.05, 0.1) is 36.4 Å². The van der Waals surface area contributed by atoms with Crippen molar-refractivity contribution < 1.29 is 43.3 Å². The van der Waals surface area contributed by atoms with E-state index in [4.69, 9.17) is 21.1 Å². The van der Waals surface area contributed by atoms with Crippen molar-refractivity contribution >= 4 is 64.3 Å². The van der Waals surface area contributed by atoms with Gasteiger partial charge in [0.15, 0.2) is 0 Å². The zero-order chi connectivity index (χ0) is 64.8. The van der Waals surface area contributed by atoms with Crippen molar-refractivity contribution in [3.8, 4) is 33.4 Å². The first-order chi connectivity index (χ1) is 43.7. The Hall–Kier alpha value is -9.91. The topological polar surface area (TPSA) is 160 Å². The molecule has 0 saturated carbocycles. The van der Waals surface area contributed by atoms with E-state index in [2.05, 4.69) is 129 Å². The number of carbonyl (C=O) groups excluding carboxylic acids is 5. The summed E-state index contributed by atoms with van der Waals surface area (Å²) in [6.07, 6.45) is 3.84. The van der Waals surface area contributed by atoms with Crippen molar-refractivity contribution in [2.24, 2.45) is 0 Å². The molecule has 0 aromatic heterocycles. The Balaban J connectivity index is 0.000000149. The Morgan fingerprint density at radius 1 is 0.473 bits per heavy atom. The van der Waals surface area contributed by atoms with Crippen LogP contribution in [0.3, 0.4) is 0 Å². The SMILES string of the molecule is CC(C)(C)OC(=O)c1cccc(CCl)c1.CCOC(=O)c1cccc(CN2C(=O)CCc3cc(-c4ccc(C)cc4)ccc32)c1.Cc1ccc(-c2ccc3c(c2)CCC(=O)N3)cc1.Cc1ccc(-c2ccc3c(c2)CCC(=O)N3Cc2cccc(C(=O)O)c2)cc1. The average molecular weight is 1230 g/mol. The van der Waals surface area contributed by atoms with Gasteiger partial charge in [0, 0.05) is 42.2 Å². The second-order valence-corrected chi connectivity index (χ2v) is 24.2. The number of fused-ring (bicyclic) bond motifs is 3. The number of esters is 2. The molecule has 2 N–H and O–H groups in total. The van der Waals surface area contributed by atoms with Gasteiger partial charge in [-0.15, -0.1) is 11.6 Å². The van der Waals surface area contributed by atoms with E-state index in [-0.39, 0.29) is 35.2 Å². The van der Waals surface area contributed by atoms with Crippen LogP contribution >= 0.6 is 11.6 Å². The lowest BCUT2D eigenvalue weighted by Gasteiger charge is -2.30. The summed E-state index contributed by atoms with van der Waals surface area (Å²) in [6.45, 7) is 14.7. The summed E-state index contributed by atoms with van der Waals surface area (Å²) < 4.78 is 10.3. The molecule has 3 aliphatic rings. The van der Waals surface area contributed by atoms with E-state index in [1.165, 1.54) is 44.5 Å². The number of anilines is 3. The van der Waals surface area contributed by atoms with Crippen LogP contribution in [-0.4, -0.2) is 52.9 Å². The number of nitrogens with zero attached hydrogens (tertiary/aromatic N) is 2. The predicted octanol–water partition coefficient (Wildman–Crippen LogP) is 17.1. The second kappa shape index (κ2) is 30.1. The highest BCUT2D eigenvalue weighted by molar-refractivity contribution is 6.17. The molecule has 0 fully saturated rings. The zero-order valence-electron chi connectivity index (χ0n) is 52.6. The molecule has 0 saturated heterocycles. The minimum Gasteiger partial charge on any atom is -0.478 e. The third kappa shape index (κ3) is 17.7. The fraction of sp³-hybridized carbons (Fsp3) is 0.231. The summed E-state index contributed by atoms with van der Waals surface area (Å²) in [5, 5.41) is 12.1. The standard InChI is InChI=1S/C26H25NO3.C24H21NO3.C16H15NO.C12H15ClO2/c1-3-30-26(29)23-6-4-5-19(15-23)17-27-24-13-11-21(16-22(24)12-14-25(27)28)20-9-7-18(2)8-10-20;1-16-5-7-18(8-6-16)19-9-11-22-20(14-19)10-12-23(26)25(22)15-17-3-2-4-21(13-17)24(27)28;1-11-2-4-12(5-3-11)13-6-8-15-14(10-13)7-9-16(18)17-15;1-12(2,3)15-11(14)10-6-4-5-9(7-10)8-13/h4-11,13,15-16H,3,12,14,17H2,1-2H3;2-9,11,13-14H,10,12,15H2,1H3,(H,27,28);2-6,8,10H,7,9H2,1H3,(H,17,18);4-7H,8H2,1-3H3. The van der Waals surface area contributed by atoms with E-state index < -0.39 is 11.6 Å². The highest BCUT2D eigenvalue weighted by atomic mass is 35.5. The van der Waals surface area contributed by atoms with Crippen LogP contribution in [0.2, 0.25) is 0 Å². The number of carboxylic acids is 1. The first-order valence-electron chi connectivity index (χ1n) is 30.7. The van der Waals surface area contributed by atoms with Crippen molar-refractivity contribution in [2.45, 2.75) is 112 Å². The van der Waals surface area contributed by atoms with Gasteiger partial charge >= 0.3 is 17.9 Å². The van der Waals surface area contributed by atoms with Gasteiger partial charge in [0.1, 0.15) is 5.60 Å². The van der Waals surface area contributed by atoms with Crippen LogP contribution in [0.5, 0.6) is 0 Å². The van der Waals surface area contributed by atoms with Crippen molar-refractivity contribution in [1.82, 2.24) is 0 Å². The second-order valence-electron chi connectivity index (χ2n) is 23.9. The fourth-order valence-corrected chi connectivity index (χ4v) is 11.1. The van der Waals surface area contributed by atoms with Crippen molar-refractivity contribution in [2.75, 3.05) is 21.7 Å². The van der Waals surface area contributed by atoms with Gasteiger partial charge in [-0.05, 0) is 207 Å². The van der Waals surface area contributed by atoms with Gasteiger partial charge in [-0.3, -0.25) is 14.4 Å². The van der Waals surface area contributed by atoms with Gasteiger partial charge in [0.2, 0.25) is 17.7 Å². The summed E-state index contributed by atoms with van der Waals surface area (Å²) >= 11 is 5.68. The molecule has 13 heteroatoms. The molecule has 0 unspecified atom stereocenters. The lowest BCUT2D eigenvalue weighted by atomic mass is 9.95. The third-order valence-electron chi connectivity index (χ3n) is 15.7. The fourth-order valence-electron chi connectivity index (χ4n) is 10.9. The molecule has 3 amide bonds. The van der Waals surface area contributed by atoms with Crippen LogP contribution in [0.25, 0.3) is 33.4 Å². The quantitative estimate of drug-likeness (QED) is 0.0896. The highest BCUT2D eigenvalue weighted by Crippen LogP contribution is 2.36. The summed E-state index contributed by atoms with van der Waals surface area (Å²) in [5.41, 5.74) is 20.6. The number of carbonyl (C=O) groups is 6. The van der Waals surface area contributed by atoms with E-state index in [0.29, 0.717) is 56.0 Å². The lowest BCUT2D eigenvalue weighted by Crippen LogP contribution is -2.34. The number of ether oxygens (including phenoxy) is 2. The van der Waals surface area contributed by atoms with Crippen LogP contribution in [-0.2, 0) is 62.1 Å². The Kier molecular flexibility index (Phi) is 21.7. The van der Waals surface area contributed by atoms with Gasteiger partial charge in [-0.25, -0.2) is 14.4 Å². The number of benzene rings is 9. The summed E-state index contributed by atoms with van der Waals surface area (Å²) in [4.78, 5) is 75.1. The average Bonchev–Trinajstić information content (AvgIpc) is 2.30. The van der Waals surface area contributed by atoms with E-state index in [1.807, 2.05) is 74.2 Å². The first-order valence-corrected chi connectivity index (χ1v) is 31.2. The first kappa shape index (κ1) is 65.5. The van der Waals surface area contributed by atoms with Gasteiger partial charge in [-0.2, -0.15) is 0 Å². The molecule has 91 heavy (non-hydrogen) atoms. The zero-order valence-corrected chi connectivity index (χ0v) is 53.4. The number of nitrogens with one attached hydrogen (secondary N) is 1. The number of halogens is 1. The van der Waals surface area contributed by atoms with Crippen LogP contribution in [0.15, 0.2) is 200 Å². The molecule has 464 valence electrons. The van der Waals surface area contributed by atoms with Crippen molar-refractivity contribution in [1.29, 1.82) is 0 Å². The number of hydrogen-bond acceptors (Lipinski definition) is 8. The predicted molar refractivity (Wildman–Crippen MR) is 363 cm³/mol. The smallest absolute Gasteiger partial charge is 0.338 e. The number of amides is 3. The number of aryl methyl sites for hydroxylation is 6. The Labute approximate surface area is 538 Å². The maximum Gasteiger partial charge on any atom is 0.338 e. The normalized spacial score (nSPS) is 13.0. The lowest BCUT2D eigenvalue weighted by molar-refractivity contribution is -0.119. The number of carboxylic acid groups (broad SMARTS) is 1. The van der Waals surface area contributed by atoms with Crippen molar-refractivity contribution in [3.05, 3.63) is 267 Å². The molecule has 0 bridgehead atoms. The molecule has 12 rings (SSSR count). The Bertz CT molecular complexity index is 4110. The van der Waals surface area contributed by atoms with Gasteiger partial charge in [-0.1, -0.05) is 144 Å². The largest absolute Gasteiger partial charge is 0.478 e. The number of hydrogen-bond donors (Lipinski definition) is 2. The van der Waals surface area contributed by atoms with Crippen LogP contribution in [0.4, 0.5) is 17.1 Å². The molecule has 0 spiro atoms. The third-order valence-corrected chi connectivity index (χ3v) is 16.0. The van der Waals surface area contributed by atoms with Crippen LogP contribution in [0.1, 0.15) is 128 Å². The molecule has 3 aliphatic heterocycles. The molecule has 12 nitrogen and oxygen atoms in total. The summed E-state index contributed by atoms with van der Waals surface area (Å²) in [7, 11) is 0. The van der Waals surface area contributed by atoms with E-state index in [1.54, 1.807) is 60.4 Å². The van der Waals surface area contributed by atoms with Gasteiger partial charge < -0.3 is 29.7 Å². The highest BCUT2D eigenvalue weighted by Gasteiger charge is 2.27. The Morgan fingerprint density at radius 3 is 1.32 bits per heavy atom. The van der Waals surface area contributed by atoms with E-state index in [0.717, 1.165) is 75.3 Å². The molecular weight excluding hydrogens is 1160 g/mol. The maximum absolute atomic E-state index is 12.7. The molecule has 0 radical (unpaired) electrons. The number of aromatic carboxylic acids is 1.